The number of ether oxygens (including phenoxy) is 5. The van der Waals surface area contributed by atoms with Gasteiger partial charge >= 0.3 is 11.9 Å². The van der Waals surface area contributed by atoms with Gasteiger partial charge in [-0.3, -0.25) is 64.5 Å². The molecule has 528 valence electrons. The lowest BCUT2D eigenvalue weighted by Gasteiger charge is -2.21. The monoisotopic (exact) mass is 1400 g/mol. The molecule has 6 atom stereocenters. The molecule has 103 heavy (non-hydrogen) atoms. The summed E-state index contributed by atoms with van der Waals surface area (Å²) in [5.41, 5.74) is 10.5. The van der Waals surface area contributed by atoms with Gasteiger partial charge in [0.05, 0.1) is 70.1 Å². The number of nitrogens with zero attached hydrogens (tertiary/aromatic N) is 6. The SMILES string of the molecule is CN(C)C(=O)[C@@]1(Cc2ccc(OCc3cc(-c4ccncc4)nc4ccccc34)c(F)c2)C[C@@H]1C(=O)NO.COC(=O)[C@@]1(Cc2ccc(OCc3cc(-c4ccncc4)nc4ccccc34)c(F)c2)C[C@@H]1C(=O)NO.COC(=O)[C@]1(c2cccc(OCc3ccc([N+](=O)[O-])cc3)c2)C[C@H]1C(=O)NO. The highest BCUT2D eigenvalue weighted by Crippen LogP contribution is 2.58. The van der Waals surface area contributed by atoms with E-state index in [4.69, 9.17) is 49.3 Å². The van der Waals surface area contributed by atoms with Crippen molar-refractivity contribution in [2.45, 2.75) is 57.3 Å². The molecule has 3 aliphatic rings. The van der Waals surface area contributed by atoms with Crippen molar-refractivity contribution in [3.8, 4) is 39.8 Å². The largest absolute Gasteiger partial charge is 0.489 e. The maximum atomic E-state index is 15.1. The third kappa shape index (κ3) is 15.7. The maximum Gasteiger partial charge on any atom is 0.317 e. The number of fused-ring (bicyclic) bond motifs is 2. The minimum Gasteiger partial charge on any atom is -0.489 e. The number of nitro groups is 1. The van der Waals surface area contributed by atoms with E-state index in [-0.39, 0.29) is 75.0 Å². The molecule has 6 aromatic carbocycles. The number of esters is 2. The molecular formula is C76H69F2N9O16. The number of aromatic nitrogens is 4. The Hall–Kier alpha value is -12.2. The summed E-state index contributed by atoms with van der Waals surface area (Å²) in [5, 5.41) is 39.4. The molecule has 0 aliphatic heterocycles. The van der Waals surface area contributed by atoms with E-state index in [0.29, 0.717) is 22.4 Å². The molecule has 4 aromatic heterocycles. The van der Waals surface area contributed by atoms with E-state index in [2.05, 4.69) is 9.97 Å². The van der Waals surface area contributed by atoms with Crippen molar-refractivity contribution in [1.29, 1.82) is 0 Å². The van der Waals surface area contributed by atoms with E-state index in [1.54, 1.807) is 104 Å². The second kappa shape index (κ2) is 31.1. The first-order chi connectivity index (χ1) is 49.7. The number of halogens is 2. The van der Waals surface area contributed by atoms with Crippen LogP contribution >= 0.6 is 0 Å². The highest BCUT2D eigenvalue weighted by molar-refractivity contribution is 5.98. The smallest absolute Gasteiger partial charge is 0.317 e. The standard InChI is InChI=1S/C29H27FN4O4.C28H24FN3O5.C19H18N2O7/c1-34(2)28(36)29(16-22(29)27(35)33-37)15-18-7-8-26(23(30)13-18)38-17-20-14-25(19-9-11-31-12-10-19)32-24-6-4-3-5-21(20)24;1-36-27(34)28(15-21(28)26(33)32-35)14-17-6-7-25(22(29)12-17)37-16-19-13-24(18-8-10-30-11-9-18)31-23-5-3-2-4-20(19)23;1-27-18(23)19(10-16(19)17(22)20-24)13-3-2-4-15(9-13)28-11-12-5-7-14(8-6-12)21(25)26/h3-14,22,37H,15-17H2,1-2H3,(H,33,35);2-13,21,35H,14-16H2,1H3,(H,32,33);2-9,16,24H,10-11H2,1H3,(H,20,22)/t22-,29+;21-,28+;16-,19-/m110/s1. The van der Waals surface area contributed by atoms with E-state index in [1.807, 2.05) is 84.9 Å². The molecule has 0 radical (unpaired) electrons. The fourth-order valence-electron chi connectivity index (χ4n) is 13.0. The van der Waals surface area contributed by atoms with Gasteiger partial charge in [-0.05, 0) is 151 Å². The lowest BCUT2D eigenvalue weighted by Crippen LogP contribution is -2.36. The Kier molecular flexibility index (Phi) is 21.8. The second-order valence-electron chi connectivity index (χ2n) is 25.2. The van der Waals surface area contributed by atoms with Crippen LogP contribution < -0.4 is 30.7 Å². The molecule has 3 fully saturated rings. The third-order valence-electron chi connectivity index (χ3n) is 18.6. The maximum absolute atomic E-state index is 15.1. The molecule has 0 bridgehead atoms. The van der Waals surface area contributed by atoms with Gasteiger partial charge in [0.2, 0.25) is 23.6 Å². The Balaban J connectivity index is 0.000000157. The van der Waals surface area contributed by atoms with Gasteiger partial charge < -0.3 is 28.6 Å². The van der Waals surface area contributed by atoms with Crippen LogP contribution in [0, 0.1) is 50.3 Å². The molecule has 0 unspecified atom stereocenters. The van der Waals surface area contributed by atoms with Crippen LogP contribution in [0.25, 0.3) is 44.3 Å². The first kappa shape index (κ1) is 72.1. The number of non-ortho nitro benzene ring substituents is 1. The van der Waals surface area contributed by atoms with Gasteiger partial charge in [-0.25, -0.2) is 35.2 Å². The van der Waals surface area contributed by atoms with E-state index < -0.39 is 80.2 Å². The predicted octanol–water partition coefficient (Wildman–Crippen LogP) is 10.5. The number of hydrogen-bond acceptors (Lipinski definition) is 20. The van der Waals surface area contributed by atoms with Gasteiger partial charge in [-0.2, -0.15) is 0 Å². The molecule has 0 spiro atoms. The number of carbonyl (C=O) groups excluding carboxylic acids is 6. The van der Waals surface area contributed by atoms with Crippen molar-refractivity contribution < 1.29 is 81.8 Å². The Morgan fingerprint density at radius 3 is 1.48 bits per heavy atom. The fraction of sp³-hybridized carbons (Fsp3) is 0.237. The van der Waals surface area contributed by atoms with Crippen molar-refractivity contribution in [3.05, 3.63) is 250 Å². The highest BCUT2D eigenvalue weighted by atomic mass is 19.1. The molecule has 13 rings (SSSR count). The number of nitrogens with one attached hydrogen (secondary N) is 3. The lowest BCUT2D eigenvalue weighted by molar-refractivity contribution is -0.384. The topological polar surface area (TPSA) is 343 Å². The number of benzene rings is 6. The summed E-state index contributed by atoms with van der Waals surface area (Å²) in [7, 11) is 5.69. The summed E-state index contributed by atoms with van der Waals surface area (Å²) in [6.07, 6.45) is 7.78. The molecule has 3 aliphatic carbocycles. The summed E-state index contributed by atoms with van der Waals surface area (Å²) in [4.78, 5) is 102. The second-order valence-corrected chi connectivity index (χ2v) is 25.2. The zero-order chi connectivity index (χ0) is 73.2. The number of hydrogen-bond donors (Lipinski definition) is 6. The Morgan fingerprint density at radius 2 is 1.00 bits per heavy atom. The van der Waals surface area contributed by atoms with Crippen molar-refractivity contribution in [3.63, 3.8) is 0 Å². The number of pyridine rings is 4. The van der Waals surface area contributed by atoms with Crippen LogP contribution in [0.5, 0.6) is 17.2 Å². The normalized spacial score (nSPS) is 18.7. The first-order valence-electron chi connectivity index (χ1n) is 32.3. The van der Waals surface area contributed by atoms with Crippen LogP contribution in [0.1, 0.15) is 52.6 Å². The minimum absolute atomic E-state index is 0.00676. The Morgan fingerprint density at radius 1 is 0.534 bits per heavy atom. The first-order valence-corrected chi connectivity index (χ1v) is 32.3. The van der Waals surface area contributed by atoms with Gasteiger partial charge in [0.25, 0.3) is 5.69 Å². The molecule has 25 nitrogen and oxygen atoms in total. The summed E-state index contributed by atoms with van der Waals surface area (Å²) >= 11 is 0. The van der Waals surface area contributed by atoms with Crippen molar-refractivity contribution in [2.75, 3.05) is 28.3 Å². The van der Waals surface area contributed by atoms with Gasteiger partial charge in [0, 0.05) is 84.0 Å². The Bertz CT molecular complexity index is 4850. The summed E-state index contributed by atoms with van der Waals surface area (Å²) < 4.78 is 57.4. The molecular weight excluding hydrogens is 1330 g/mol. The van der Waals surface area contributed by atoms with Gasteiger partial charge in [-0.1, -0.05) is 60.7 Å². The van der Waals surface area contributed by atoms with Crippen LogP contribution in [0.2, 0.25) is 0 Å². The van der Waals surface area contributed by atoms with Crippen LogP contribution in [-0.4, -0.2) is 109 Å². The van der Waals surface area contributed by atoms with E-state index in [9.17, 15) is 38.9 Å². The molecule has 4 amide bonds. The number of para-hydroxylation sites is 2. The molecule has 6 N–H and O–H groups in total. The zero-order valence-electron chi connectivity index (χ0n) is 56.0. The number of rotatable bonds is 23. The van der Waals surface area contributed by atoms with Gasteiger partial charge in [0.1, 0.15) is 31.0 Å². The van der Waals surface area contributed by atoms with E-state index in [0.717, 1.165) is 61.0 Å². The Labute approximate surface area is 587 Å². The van der Waals surface area contributed by atoms with E-state index in [1.165, 1.54) is 55.5 Å². The van der Waals surface area contributed by atoms with Crippen LogP contribution in [-0.2, 0) is 76.3 Å². The third-order valence-corrected chi connectivity index (χ3v) is 18.6. The lowest BCUT2D eigenvalue weighted by atomic mass is 9.92. The number of nitro benzene ring substituents is 1. The highest BCUT2D eigenvalue weighted by Gasteiger charge is 2.67. The summed E-state index contributed by atoms with van der Waals surface area (Å²) in [6.45, 7) is 0.411. The molecule has 3 saturated carbocycles. The number of methoxy groups -OCH3 is 2. The molecule has 27 heteroatoms. The van der Waals surface area contributed by atoms with Crippen molar-refractivity contribution in [2.24, 2.45) is 28.6 Å². The summed E-state index contributed by atoms with van der Waals surface area (Å²) in [5.74, 6) is -5.98. The van der Waals surface area contributed by atoms with Gasteiger partial charge in [-0.15, -0.1) is 0 Å². The number of hydroxylamine groups is 3. The van der Waals surface area contributed by atoms with Crippen LogP contribution in [0.3, 0.4) is 0 Å². The summed E-state index contributed by atoms with van der Waals surface area (Å²) in [6, 6.07) is 48.5. The number of carbonyl (C=O) groups is 6. The fourth-order valence-corrected chi connectivity index (χ4v) is 13.0. The average molecular weight is 1400 g/mol. The molecule has 4 heterocycles. The quantitative estimate of drug-likeness (QED) is 0.0150. The average Bonchev–Trinajstić information content (AvgIpc) is 1.57. The van der Waals surface area contributed by atoms with Gasteiger partial charge in [0.15, 0.2) is 23.1 Å². The van der Waals surface area contributed by atoms with Crippen molar-refractivity contribution in [1.82, 2.24) is 41.3 Å². The van der Waals surface area contributed by atoms with Crippen molar-refractivity contribution >= 4 is 63.1 Å². The minimum atomic E-state index is -1.16. The van der Waals surface area contributed by atoms with E-state index >= 15 is 8.78 Å². The van der Waals surface area contributed by atoms with Crippen LogP contribution in [0.15, 0.2) is 195 Å². The predicted molar refractivity (Wildman–Crippen MR) is 366 cm³/mol. The molecule has 10 aromatic rings. The molecule has 0 saturated heterocycles. The number of amides is 4. The van der Waals surface area contributed by atoms with Crippen LogP contribution in [0.4, 0.5) is 14.5 Å². The zero-order valence-corrected chi connectivity index (χ0v) is 56.0.